The first-order chi connectivity index (χ1) is 7.86. The Balaban J connectivity index is 2.15. The number of hydrogen-bond acceptors (Lipinski definition) is 3. The molecule has 0 bridgehead atoms. The predicted molar refractivity (Wildman–Crippen MR) is 59.6 cm³/mol. The molecule has 0 amide bonds. The summed E-state index contributed by atoms with van der Waals surface area (Å²) in [4.78, 5) is 14.5. The topological polar surface area (TPSA) is 77.6 Å². The van der Waals surface area contributed by atoms with Gasteiger partial charge >= 0.3 is 0 Å². The fourth-order valence-corrected chi connectivity index (χ4v) is 1.71. The number of nitrogens with zero attached hydrogens (tertiary/aromatic N) is 2. The third-order valence-electron chi connectivity index (χ3n) is 2.45. The second kappa shape index (κ2) is 3.46. The molecule has 3 rings (SSSR count). The molecule has 0 saturated heterocycles. The Kier molecular flexibility index (Phi) is 1.97. The van der Waals surface area contributed by atoms with E-state index in [4.69, 9.17) is 5.11 Å². The maximum atomic E-state index is 8.98. The first-order valence-electron chi connectivity index (χ1n) is 4.96. The van der Waals surface area contributed by atoms with Crippen LogP contribution in [0.15, 0.2) is 30.6 Å². The largest absolute Gasteiger partial charge is 0.388 e. The molecule has 3 aromatic rings. The van der Waals surface area contributed by atoms with E-state index in [1.807, 2.05) is 18.2 Å². The molecule has 5 heteroatoms. The van der Waals surface area contributed by atoms with Crippen molar-refractivity contribution in [2.75, 3.05) is 0 Å². The molecule has 0 atom stereocenters. The summed E-state index contributed by atoms with van der Waals surface area (Å²) in [6, 6.07) is 5.81. The van der Waals surface area contributed by atoms with Crippen LogP contribution in [0, 0.1) is 0 Å². The number of fused-ring (bicyclic) bond motifs is 1. The highest BCUT2D eigenvalue weighted by atomic mass is 16.3. The van der Waals surface area contributed by atoms with Crippen LogP contribution in [0.1, 0.15) is 5.82 Å². The number of aromatic nitrogens is 4. The van der Waals surface area contributed by atoms with Gasteiger partial charge in [-0.15, -0.1) is 0 Å². The van der Waals surface area contributed by atoms with Crippen molar-refractivity contribution in [3.05, 3.63) is 36.4 Å². The average molecular weight is 214 g/mol. The highest BCUT2D eigenvalue weighted by molar-refractivity contribution is 5.80. The SMILES string of the molecule is OCc1nc2ccc(-c3ncc[nH]3)cc2[nH]1. The lowest BCUT2D eigenvalue weighted by Gasteiger charge is -1.95. The number of imidazole rings is 2. The smallest absolute Gasteiger partial charge is 0.137 e. The van der Waals surface area contributed by atoms with Crippen LogP contribution >= 0.6 is 0 Å². The predicted octanol–water partition coefficient (Wildman–Crippen LogP) is 1.45. The summed E-state index contributed by atoms with van der Waals surface area (Å²) in [6.45, 7) is -0.0786. The van der Waals surface area contributed by atoms with Gasteiger partial charge in [-0.2, -0.15) is 0 Å². The highest BCUT2D eigenvalue weighted by Gasteiger charge is 2.05. The van der Waals surface area contributed by atoms with Crippen LogP contribution in [-0.2, 0) is 6.61 Å². The Labute approximate surface area is 91.2 Å². The molecule has 0 saturated carbocycles. The second-order valence-corrected chi connectivity index (χ2v) is 3.51. The van der Waals surface area contributed by atoms with Crippen molar-refractivity contribution in [1.82, 2.24) is 19.9 Å². The molecule has 3 N–H and O–H groups in total. The number of aliphatic hydroxyl groups is 1. The van der Waals surface area contributed by atoms with E-state index in [-0.39, 0.29) is 6.61 Å². The molecule has 2 aromatic heterocycles. The second-order valence-electron chi connectivity index (χ2n) is 3.51. The van der Waals surface area contributed by atoms with Crippen molar-refractivity contribution >= 4 is 11.0 Å². The number of aliphatic hydroxyl groups excluding tert-OH is 1. The van der Waals surface area contributed by atoms with Gasteiger partial charge in [-0.25, -0.2) is 9.97 Å². The molecule has 1 aromatic carbocycles. The van der Waals surface area contributed by atoms with Crippen molar-refractivity contribution in [1.29, 1.82) is 0 Å². The first-order valence-corrected chi connectivity index (χ1v) is 4.96. The lowest BCUT2D eigenvalue weighted by atomic mass is 10.2. The van der Waals surface area contributed by atoms with E-state index >= 15 is 0 Å². The molecule has 0 aliphatic heterocycles. The minimum absolute atomic E-state index is 0.0786. The fraction of sp³-hybridized carbons (Fsp3) is 0.0909. The maximum absolute atomic E-state index is 8.98. The van der Waals surface area contributed by atoms with Gasteiger partial charge in [-0.05, 0) is 18.2 Å². The molecule has 5 nitrogen and oxygen atoms in total. The molecule has 16 heavy (non-hydrogen) atoms. The van der Waals surface area contributed by atoms with E-state index in [0.717, 1.165) is 22.4 Å². The number of aromatic amines is 2. The van der Waals surface area contributed by atoms with Gasteiger partial charge in [0.15, 0.2) is 0 Å². The molecule has 0 aliphatic rings. The van der Waals surface area contributed by atoms with Gasteiger partial charge in [0.1, 0.15) is 18.3 Å². The summed E-state index contributed by atoms with van der Waals surface area (Å²) in [7, 11) is 0. The quantitative estimate of drug-likeness (QED) is 0.604. The van der Waals surface area contributed by atoms with E-state index in [0.29, 0.717) is 5.82 Å². The van der Waals surface area contributed by atoms with Crippen LogP contribution in [-0.4, -0.2) is 25.0 Å². The van der Waals surface area contributed by atoms with Crippen molar-refractivity contribution in [3.8, 4) is 11.4 Å². The van der Waals surface area contributed by atoms with E-state index in [9.17, 15) is 0 Å². The van der Waals surface area contributed by atoms with Gasteiger partial charge in [0.2, 0.25) is 0 Å². The number of benzene rings is 1. The number of hydrogen-bond donors (Lipinski definition) is 3. The van der Waals surface area contributed by atoms with Crippen LogP contribution in [0.5, 0.6) is 0 Å². The maximum Gasteiger partial charge on any atom is 0.137 e. The summed E-state index contributed by atoms with van der Waals surface area (Å²) in [5.74, 6) is 1.40. The van der Waals surface area contributed by atoms with Crippen molar-refractivity contribution in [2.24, 2.45) is 0 Å². The summed E-state index contributed by atoms with van der Waals surface area (Å²) in [5.41, 5.74) is 2.74. The van der Waals surface area contributed by atoms with Gasteiger partial charge in [0, 0.05) is 18.0 Å². The van der Waals surface area contributed by atoms with Crippen LogP contribution in [0.4, 0.5) is 0 Å². The van der Waals surface area contributed by atoms with Crippen LogP contribution in [0.3, 0.4) is 0 Å². The summed E-state index contributed by atoms with van der Waals surface area (Å²) < 4.78 is 0. The van der Waals surface area contributed by atoms with E-state index in [1.165, 1.54) is 0 Å². The van der Waals surface area contributed by atoms with E-state index in [1.54, 1.807) is 12.4 Å². The van der Waals surface area contributed by atoms with Gasteiger partial charge < -0.3 is 15.1 Å². The fourth-order valence-electron chi connectivity index (χ4n) is 1.71. The molecule has 2 heterocycles. The van der Waals surface area contributed by atoms with Crippen molar-refractivity contribution in [3.63, 3.8) is 0 Å². The van der Waals surface area contributed by atoms with Crippen LogP contribution < -0.4 is 0 Å². The normalized spacial score (nSPS) is 11.1. The highest BCUT2D eigenvalue weighted by Crippen LogP contribution is 2.20. The molecular weight excluding hydrogens is 204 g/mol. The Bertz CT molecular complexity index is 612. The first kappa shape index (κ1) is 9.11. The van der Waals surface area contributed by atoms with Crippen LogP contribution in [0.25, 0.3) is 22.4 Å². The number of H-pyrrole nitrogens is 2. The number of nitrogens with one attached hydrogen (secondary N) is 2. The molecule has 0 unspecified atom stereocenters. The Morgan fingerprint density at radius 1 is 1.31 bits per heavy atom. The van der Waals surface area contributed by atoms with Crippen LogP contribution in [0.2, 0.25) is 0 Å². The zero-order chi connectivity index (χ0) is 11.0. The van der Waals surface area contributed by atoms with Gasteiger partial charge in [-0.3, -0.25) is 0 Å². The Hall–Kier alpha value is -2.14. The summed E-state index contributed by atoms with van der Waals surface area (Å²) in [5, 5.41) is 8.98. The zero-order valence-corrected chi connectivity index (χ0v) is 8.44. The van der Waals surface area contributed by atoms with Crippen molar-refractivity contribution < 1.29 is 5.11 Å². The zero-order valence-electron chi connectivity index (χ0n) is 8.44. The lowest BCUT2D eigenvalue weighted by molar-refractivity contribution is 0.273. The third-order valence-corrected chi connectivity index (χ3v) is 2.45. The van der Waals surface area contributed by atoms with E-state index in [2.05, 4.69) is 19.9 Å². The average Bonchev–Trinajstić information content (AvgIpc) is 2.96. The molecular formula is C11H10N4O. The molecule has 80 valence electrons. The monoisotopic (exact) mass is 214 g/mol. The van der Waals surface area contributed by atoms with Gasteiger partial charge in [0.05, 0.1) is 11.0 Å². The summed E-state index contributed by atoms with van der Waals surface area (Å²) in [6.07, 6.45) is 3.50. The minimum Gasteiger partial charge on any atom is -0.388 e. The van der Waals surface area contributed by atoms with Crippen molar-refractivity contribution in [2.45, 2.75) is 6.61 Å². The van der Waals surface area contributed by atoms with Gasteiger partial charge in [-0.1, -0.05) is 0 Å². The molecule has 0 radical (unpaired) electrons. The molecule has 0 fully saturated rings. The summed E-state index contributed by atoms with van der Waals surface area (Å²) >= 11 is 0. The van der Waals surface area contributed by atoms with E-state index < -0.39 is 0 Å². The molecule has 0 aliphatic carbocycles. The minimum atomic E-state index is -0.0786. The Morgan fingerprint density at radius 3 is 3.00 bits per heavy atom. The van der Waals surface area contributed by atoms with Gasteiger partial charge in [0.25, 0.3) is 0 Å². The third kappa shape index (κ3) is 1.38. The molecule has 0 spiro atoms. The standard InChI is InChI=1S/C11H10N4O/c16-6-10-14-8-2-1-7(5-9(8)15-10)11-12-3-4-13-11/h1-5,16H,6H2,(H,12,13)(H,14,15). The Morgan fingerprint density at radius 2 is 2.25 bits per heavy atom. The lowest BCUT2D eigenvalue weighted by Crippen LogP contribution is -1.83. The number of rotatable bonds is 2.